The van der Waals surface area contributed by atoms with Gasteiger partial charge in [0.05, 0.1) is 19.1 Å². The van der Waals surface area contributed by atoms with Gasteiger partial charge in [0.2, 0.25) is 0 Å². The predicted octanol–water partition coefficient (Wildman–Crippen LogP) is 2.54. The summed E-state index contributed by atoms with van der Waals surface area (Å²) in [5.41, 5.74) is 1.50. The van der Waals surface area contributed by atoms with Crippen LogP contribution < -0.4 is 14.8 Å². The third kappa shape index (κ3) is 3.58. The van der Waals surface area contributed by atoms with E-state index in [4.69, 9.17) is 9.47 Å². The molecule has 0 unspecified atom stereocenters. The quantitative estimate of drug-likeness (QED) is 0.858. The lowest BCUT2D eigenvalue weighted by atomic mass is 10.1. The molecule has 1 amide bonds. The number of benzene rings is 1. The molecule has 118 valence electrons. The van der Waals surface area contributed by atoms with Gasteiger partial charge in [0.25, 0.3) is 5.91 Å². The highest BCUT2D eigenvalue weighted by Crippen LogP contribution is 2.29. The van der Waals surface area contributed by atoms with E-state index < -0.39 is 6.10 Å². The van der Waals surface area contributed by atoms with Crippen LogP contribution in [0.3, 0.4) is 0 Å². The van der Waals surface area contributed by atoms with Crippen LogP contribution >= 0.6 is 11.3 Å². The Balaban J connectivity index is 2.07. The van der Waals surface area contributed by atoms with Gasteiger partial charge in [-0.2, -0.15) is 0 Å². The van der Waals surface area contributed by atoms with E-state index in [1.54, 1.807) is 25.3 Å². The van der Waals surface area contributed by atoms with Gasteiger partial charge in [-0.3, -0.25) is 4.79 Å². The fourth-order valence-electron chi connectivity index (χ4n) is 2.08. The summed E-state index contributed by atoms with van der Waals surface area (Å²) in [7, 11) is 3.09. The van der Waals surface area contributed by atoms with Gasteiger partial charge in [0.1, 0.15) is 17.6 Å². The van der Waals surface area contributed by atoms with Gasteiger partial charge >= 0.3 is 0 Å². The minimum atomic E-state index is -0.880. The lowest BCUT2D eigenvalue weighted by molar-refractivity contribution is 0.0918. The summed E-state index contributed by atoms with van der Waals surface area (Å²) >= 11 is 1.38. The summed E-state index contributed by atoms with van der Waals surface area (Å²) in [5, 5.41) is 14.9. The zero-order valence-electron chi connectivity index (χ0n) is 12.8. The second-order valence-corrected chi connectivity index (χ2v) is 5.68. The van der Waals surface area contributed by atoms with Crippen LogP contribution in [0.15, 0.2) is 29.6 Å². The van der Waals surface area contributed by atoms with Crippen molar-refractivity contribution in [1.29, 1.82) is 0 Å². The van der Waals surface area contributed by atoms with Crippen LogP contribution in [0.4, 0.5) is 0 Å². The second kappa shape index (κ2) is 7.29. The van der Waals surface area contributed by atoms with E-state index in [0.717, 1.165) is 5.56 Å². The van der Waals surface area contributed by atoms with Crippen molar-refractivity contribution in [2.24, 2.45) is 0 Å². The first-order valence-corrected chi connectivity index (χ1v) is 7.67. The number of aryl methyl sites for hydroxylation is 1. The van der Waals surface area contributed by atoms with Gasteiger partial charge in [0, 0.05) is 12.1 Å². The van der Waals surface area contributed by atoms with E-state index in [0.29, 0.717) is 21.9 Å². The molecule has 0 spiro atoms. The number of nitrogens with one attached hydrogen (secondary N) is 1. The minimum Gasteiger partial charge on any atom is -0.497 e. The number of thiophene rings is 1. The molecule has 0 saturated carbocycles. The molecule has 0 aliphatic heterocycles. The van der Waals surface area contributed by atoms with Crippen LogP contribution in [0.25, 0.3) is 0 Å². The molecule has 0 radical (unpaired) electrons. The Morgan fingerprint density at radius 3 is 2.68 bits per heavy atom. The van der Waals surface area contributed by atoms with Crippen molar-refractivity contribution in [2.75, 3.05) is 20.8 Å². The Kier molecular flexibility index (Phi) is 5.41. The fourth-order valence-corrected chi connectivity index (χ4v) is 2.93. The van der Waals surface area contributed by atoms with E-state index in [1.807, 2.05) is 18.4 Å². The van der Waals surface area contributed by atoms with Crippen molar-refractivity contribution in [1.82, 2.24) is 5.32 Å². The third-order valence-corrected chi connectivity index (χ3v) is 4.34. The topological polar surface area (TPSA) is 67.8 Å². The summed E-state index contributed by atoms with van der Waals surface area (Å²) in [6, 6.07) is 7.07. The van der Waals surface area contributed by atoms with Crippen molar-refractivity contribution >= 4 is 17.2 Å². The van der Waals surface area contributed by atoms with Gasteiger partial charge in [-0.1, -0.05) is 0 Å². The van der Waals surface area contributed by atoms with Gasteiger partial charge < -0.3 is 19.9 Å². The fraction of sp³-hybridized carbons (Fsp3) is 0.312. The number of carbonyl (C=O) groups is 1. The minimum absolute atomic E-state index is 0.0969. The molecule has 0 aliphatic rings. The Morgan fingerprint density at radius 1 is 1.32 bits per heavy atom. The lowest BCUT2D eigenvalue weighted by Gasteiger charge is -2.16. The van der Waals surface area contributed by atoms with Gasteiger partial charge in [-0.15, -0.1) is 11.3 Å². The maximum absolute atomic E-state index is 12.1. The van der Waals surface area contributed by atoms with Crippen LogP contribution in [0.1, 0.15) is 26.9 Å². The molecule has 0 bridgehead atoms. The monoisotopic (exact) mass is 321 g/mol. The Hall–Kier alpha value is -2.05. The molecule has 2 N–H and O–H groups in total. The van der Waals surface area contributed by atoms with Crippen molar-refractivity contribution in [3.05, 3.63) is 45.6 Å². The van der Waals surface area contributed by atoms with Gasteiger partial charge in [-0.25, -0.2) is 0 Å². The summed E-state index contributed by atoms with van der Waals surface area (Å²) < 4.78 is 10.4. The van der Waals surface area contributed by atoms with Crippen molar-refractivity contribution < 1.29 is 19.4 Å². The van der Waals surface area contributed by atoms with Gasteiger partial charge in [-0.05, 0) is 42.1 Å². The molecular formula is C16H19NO4S. The van der Waals surface area contributed by atoms with E-state index in [-0.39, 0.29) is 12.5 Å². The predicted molar refractivity (Wildman–Crippen MR) is 85.9 cm³/mol. The van der Waals surface area contributed by atoms with Crippen LogP contribution in [0.2, 0.25) is 0 Å². The molecule has 5 nitrogen and oxygen atoms in total. The highest BCUT2D eigenvalue weighted by Gasteiger charge is 2.17. The molecule has 6 heteroatoms. The first kappa shape index (κ1) is 16.3. The summed E-state index contributed by atoms with van der Waals surface area (Å²) in [5.74, 6) is 0.985. The van der Waals surface area contributed by atoms with Crippen molar-refractivity contribution in [3.8, 4) is 11.5 Å². The van der Waals surface area contributed by atoms with Crippen LogP contribution in [-0.2, 0) is 0 Å². The molecular weight excluding hydrogens is 302 g/mol. The lowest BCUT2D eigenvalue weighted by Crippen LogP contribution is -2.28. The summed E-state index contributed by atoms with van der Waals surface area (Å²) in [6.07, 6.45) is -0.880. The van der Waals surface area contributed by atoms with E-state index in [2.05, 4.69) is 5.32 Å². The summed E-state index contributed by atoms with van der Waals surface area (Å²) in [6.45, 7) is 1.98. The second-order valence-electron chi connectivity index (χ2n) is 4.77. The number of hydrogen-bond donors (Lipinski definition) is 2. The normalized spacial score (nSPS) is 11.8. The maximum Gasteiger partial charge on any atom is 0.261 e. The number of carbonyl (C=O) groups excluding carboxylic acids is 1. The third-order valence-electron chi connectivity index (χ3n) is 3.32. The SMILES string of the molecule is COc1ccc(OC)c([C@@H](O)CNC(=O)c2sccc2C)c1. The smallest absolute Gasteiger partial charge is 0.261 e. The van der Waals surface area contributed by atoms with Crippen molar-refractivity contribution in [3.63, 3.8) is 0 Å². The first-order chi connectivity index (χ1) is 10.6. The molecule has 1 atom stereocenters. The van der Waals surface area contributed by atoms with Crippen LogP contribution in [-0.4, -0.2) is 31.8 Å². The highest BCUT2D eigenvalue weighted by molar-refractivity contribution is 7.12. The number of aliphatic hydroxyl groups is 1. The average Bonchev–Trinajstić information content (AvgIpc) is 2.97. The molecule has 2 rings (SSSR count). The zero-order chi connectivity index (χ0) is 16.1. The van der Waals surface area contributed by atoms with Crippen LogP contribution in [0.5, 0.6) is 11.5 Å². The molecule has 22 heavy (non-hydrogen) atoms. The molecule has 0 saturated heterocycles. The average molecular weight is 321 g/mol. The molecule has 1 heterocycles. The van der Waals surface area contributed by atoms with E-state index >= 15 is 0 Å². The number of rotatable bonds is 6. The largest absolute Gasteiger partial charge is 0.497 e. The zero-order valence-corrected chi connectivity index (χ0v) is 13.6. The Morgan fingerprint density at radius 2 is 2.09 bits per heavy atom. The number of aliphatic hydroxyl groups excluding tert-OH is 1. The molecule has 0 fully saturated rings. The maximum atomic E-state index is 12.1. The Bertz CT molecular complexity index is 653. The highest BCUT2D eigenvalue weighted by atomic mass is 32.1. The molecule has 2 aromatic rings. The van der Waals surface area contributed by atoms with Crippen LogP contribution in [0, 0.1) is 6.92 Å². The standard InChI is InChI=1S/C16H19NO4S/c1-10-6-7-22-15(10)16(19)17-9-13(18)12-8-11(20-2)4-5-14(12)21-3/h4-8,13,18H,9H2,1-3H3,(H,17,19)/t13-/m0/s1. The molecule has 0 aliphatic carbocycles. The number of ether oxygens (including phenoxy) is 2. The number of methoxy groups -OCH3 is 2. The summed E-state index contributed by atoms with van der Waals surface area (Å²) in [4.78, 5) is 12.7. The Labute approximate surface area is 133 Å². The van der Waals surface area contributed by atoms with Crippen molar-refractivity contribution in [2.45, 2.75) is 13.0 Å². The first-order valence-electron chi connectivity index (χ1n) is 6.79. The van der Waals surface area contributed by atoms with E-state index in [1.165, 1.54) is 18.4 Å². The van der Waals surface area contributed by atoms with E-state index in [9.17, 15) is 9.90 Å². The molecule has 1 aromatic carbocycles. The van der Waals surface area contributed by atoms with Gasteiger partial charge in [0.15, 0.2) is 0 Å². The number of hydrogen-bond acceptors (Lipinski definition) is 5. The molecule has 1 aromatic heterocycles. The number of amides is 1.